The van der Waals surface area contributed by atoms with Gasteiger partial charge >= 0.3 is 0 Å². The number of anilines is 1. The van der Waals surface area contributed by atoms with Crippen LogP contribution in [0.5, 0.6) is 17.4 Å². The quantitative estimate of drug-likeness (QED) is 0.369. The molecule has 1 amide bonds. The molecule has 0 fully saturated rings. The number of carbonyl (C=O) groups is 2. The second-order valence-electron chi connectivity index (χ2n) is 8.07. The van der Waals surface area contributed by atoms with Crippen molar-refractivity contribution in [3.8, 4) is 17.4 Å². The van der Waals surface area contributed by atoms with Gasteiger partial charge in [-0.25, -0.2) is 9.97 Å². The first-order chi connectivity index (χ1) is 15.7. The molecule has 9 nitrogen and oxygen atoms in total. The Morgan fingerprint density at radius 1 is 1.18 bits per heavy atom. The Labute approximate surface area is 189 Å². The molecular formula is C24H22N4O5. The van der Waals surface area contributed by atoms with Crippen LogP contribution in [0.1, 0.15) is 34.6 Å². The molecule has 9 heteroatoms. The topological polar surface area (TPSA) is 127 Å². The average molecular weight is 446 g/mol. The van der Waals surface area contributed by atoms with E-state index in [4.69, 9.17) is 4.74 Å². The van der Waals surface area contributed by atoms with Crippen LogP contribution in [0.3, 0.4) is 0 Å². The molecule has 168 valence electrons. The zero-order valence-corrected chi connectivity index (χ0v) is 18.0. The summed E-state index contributed by atoms with van der Waals surface area (Å²) in [6.07, 6.45) is 1.91. The highest BCUT2D eigenvalue weighted by Crippen LogP contribution is 2.32. The first-order valence-corrected chi connectivity index (χ1v) is 10.2. The van der Waals surface area contributed by atoms with Crippen LogP contribution >= 0.6 is 0 Å². The number of amides is 1. The number of phenolic OH excluding ortho intramolecular Hbond substituents is 1. The van der Waals surface area contributed by atoms with E-state index in [9.17, 15) is 19.8 Å². The van der Waals surface area contributed by atoms with Crippen LogP contribution in [0, 0.1) is 0 Å². The zero-order valence-electron chi connectivity index (χ0n) is 18.0. The van der Waals surface area contributed by atoms with E-state index in [2.05, 4.69) is 15.3 Å². The monoisotopic (exact) mass is 446 g/mol. The van der Waals surface area contributed by atoms with Gasteiger partial charge in [-0.15, -0.1) is 0 Å². The average Bonchev–Trinajstić information content (AvgIpc) is 3.11. The van der Waals surface area contributed by atoms with Gasteiger partial charge < -0.3 is 19.5 Å². The van der Waals surface area contributed by atoms with Crippen molar-refractivity contribution < 1.29 is 24.5 Å². The molecule has 0 spiro atoms. The second-order valence-corrected chi connectivity index (χ2v) is 8.07. The lowest BCUT2D eigenvalue weighted by Crippen LogP contribution is -2.27. The van der Waals surface area contributed by atoms with Gasteiger partial charge in [-0.2, -0.15) is 0 Å². The number of benzene rings is 2. The molecule has 0 bridgehead atoms. The number of pyridine rings is 1. The molecular weight excluding hydrogens is 424 g/mol. The maximum atomic E-state index is 13.0. The van der Waals surface area contributed by atoms with Gasteiger partial charge in [-0.1, -0.05) is 18.2 Å². The van der Waals surface area contributed by atoms with Gasteiger partial charge in [0.05, 0.1) is 28.7 Å². The van der Waals surface area contributed by atoms with Gasteiger partial charge in [0.1, 0.15) is 0 Å². The van der Waals surface area contributed by atoms with E-state index >= 15 is 0 Å². The fraction of sp³-hybridized carbons (Fsp3) is 0.167. The molecule has 4 rings (SSSR count). The minimum absolute atomic E-state index is 0.0385. The summed E-state index contributed by atoms with van der Waals surface area (Å²) in [6.45, 7) is 3.57. The third-order valence-corrected chi connectivity index (χ3v) is 4.79. The van der Waals surface area contributed by atoms with Gasteiger partial charge in [0.15, 0.2) is 17.8 Å². The lowest BCUT2D eigenvalue weighted by atomic mass is 10.1. The Bertz CT molecular complexity index is 1340. The summed E-state index contributed by atoms with van der Waals surface area (Å²) >= 11 is 0. The summed E-state index contributed by atoms with van der Waals surface area (Å²) in [5.41, 5.74) is 0.749. The highest BCUT2D eigenvalue weighted by Gasteiger charge is 2.21. The number of aromatic hydroxyl groups is 1. The molecule has 0 aliphatic heterocycles. The molecule has 0 aliphatic rings. The number of hydrogen-bond donors (Lipinski definition) is 3. The Morgan fingerprint density at radius 3 is 2.73 bits per heavy atom. The fourth-order valence-electron chi connectivity index (χ4n) is 3.33. The van der Waals surface area contributed by atoms with Crippen molar-refractivity contribution in [3.63, 3.8) is 0 Å². The van der Waals surface area contributed by atoms with Crippen LogP contribution in [0.4, 0.5) is 5.95 Å². The van der Waals surface area contributed by atoms with E-state index in [0.29, 0.717) is 17.8 Å². The minimum atomic E-state index is -1.03. The van der Waals surface area contributed by atoms with Gasteiger partial charge in [-0.05, 0) is 44.2 Å². The van der Waals surface area contributed by atoms with E-state index in [-0.39, 0.29) is 35.1 Å². The molecule has 0 aliphatic carbocycles. The number of rotatable bonds is 7. The maximum Gasteiger partial charge on any atom is 0.258 e. The number of imidazole rings is 1. The second kappa shape index (κ2) is 8.71. The SMILES string of the molecule is CC(C)(O)Cn1c(NC(=O)c2ccnc(Oc3cccc(C=O)c3O)c2)nc2ccccc21. The van der Waals surface area contributed by atoms with Gasteiger partial charge in [0.25, 0.3) is 5.91 Å². The Balaban J connectivity index is 1.61. The number of para-hydroxylation sites is 3. The molecule has 2 aromatic carbocycles. The predicted octanol–water partition coefficient (Wildman–Crippen LogP) is 3.76. The summed E-state index contributed by atoms with van der Waals surface area (Å²) in [4.78, 5) is 32.6. The van der Waals surface area contributed by atoms with Crippen molar-refractivity contribution in [2.24, 2.45) is 0 Å². The smallest absolute Gasteiger partial charge is 0.258 e. The summed E-state index contributed by atoms with van der Waals surface area (Å²) < 4.78 is 7.32. The van der Waals surface area contributed by atoms with Crippen LogP contribution in [-0.2, 0) is 6.54 Å². The van der Waals surface area contributed by atoms with E-state index in [1.54, 1.807) is 24.5 Å². The third-order valence-electron chi connectivity index (χ3n) is 4.79. The number of fused-ring (bicyclic) bond motifs is 1. The Hall–Kier alpha value is -4.24. The number of carbonyl (C=O) groups excluding carboxylic acids is 2. The first kappa shape index (κ1) is 22.0. The van der Waals surface area contributed by atoms with Crippen LogP contribution < -0.4 is 10.1 Å². The van der Waals surface area contributed by atoms with Crippen LogP contribution in [-0.4, -0.2) is 42.5 Å². The third kappa shape index (κ3) is 4.83. The van der Waals surface area contributed by atoms with Crippen molar-refractivity contribution in [2.45, 2.75) is 26.0 Å². The van der Waals surface area contributed by atoms with Crippen molar-refractivity contribution >= 4 is 29.2 Å². The Kier molecular flexibility index (Phi) is 5.80. The normalized spacial score (nSPS) is 11.4. The molecule has 33 heavy (non-hydrogen) atoms. The van der Waals surface area contributed by atoms with Gasteiger partial charge in [0, 0.05) is 17.8 Å². The molecule has 0 saturated heterocycles. The summed E-state index contributed by atoms with van der Waals surface area (Å²) in [5, 5.41) is 23.2. The highest BCUT2D eigenvalue weighted by molar-refractivity contribution is 6.04. The van der Waals surface area contributed by atoms with Crippen LogP contribution in [0.25, 0.3) is 11.0 Å². The number of nitrogens with zero attached hydrogens (tertiary/aromatic N) is 3. The van der Waals surface area contributed by atoms with Gasteiger partial charge in [0.2, 0.25) is 11.8 Å². The number of aliphatic hydroxyl groups is 1. The Morgan fingerprint density at radius 2 is 1.97 bits per heavy atom. The first-order valence-electron chi connectivity index (χ1n) is 10.2. The molecule has 0 saturated carbocycles. The van der Waals surface area contributed by atoms with E-state index in [0.717, 1.165) is 5.52 Å². The van der Waals surface area contributed by atoms with E-state index < -0.39 is 11.5 Å². The predicted molar refractivity (Wildman–Crippen MR) is 122 cm³/mol. The molecule has 0 unspecified atom stereocenters. The highest BCUT2D eigenvalue weighted by atomic mass is 16.5. The standard InChI is InChI=1S/C24H22N4O5/c1-24(2,32)14-28-18-8-4-3-7-17(18)26-23(28)27-22(31)15-10-11-25-20(12-15)33-19-9-5-6-16(13-29)21(19)30/h3-13,30,32H,14H2,1-2H3,(H,26,27,31). The molecule has 4 aromatic rings. The molecule has 0 radical (unpaired) electrons. The minimum Gasteiger partial charge on any atom is -0.504 e. The van der Waals surface area contributed by atoms with Crippen LogP contribution in [0.15, 0.2) is 60.8 Å². The molecule has 3 N–H and O–H groups in total. The summed E-state index contributed by atoms with van der Waals surface area (Å²) in [6, 6.07) is 14.8. The van der Waals surface area contributed by atoms with Crippen molar-refractivity contribution in [3.05, 3.63) is 71.9 Å². The van der Waals surface area contributed by atoms with E-state index in [1.807, 2.05) is 24.3 Å². The van der Waals surface area contributed by atoms with Crippen molar-refractivity contribution in [1.82, 2.24) is 14.5 Å². The molecule has 2 heterocycles. The number of ether oxygens (including phenoxy) is 1. The van der Waals surface area contributed by atoms with Crippen molar-refractivity contribution in [1.29, 1.82) is 0 Å². The number of aldehydes is 1. The van der Waals surface area contributed by atoms with Crippen LogP contribution in [0.2, 0.25) is 0 Å². The zero-order chi connectivity index (χ0) is 23.6. The number of hydrogen-bond acceptors (Lipinski definition) is 7. The number of aromatic nitrogens is 3. The molecule has 2 aromatic heterocycles. The van der Waals surface area contributed by atoms with Crippen molar-refractivity contribution in [2.75, 3.05) is 5.32 Å². The lowest BCUT2D eigenvalue weighted by Gasteiger charge is -2.20. The van der Waals surface area contributed by atoms with Gasteiger partial charge in [-0.3, -0.25) is 14.9 Å². The van der Waals surface area contributed by atoms with E-state index in [1.165, 1.54) is 30.5 Å². The largest absolute Gasteiger partial charge is 0.504 e. The number of nitrogens with one attached hydrogen (secondary N) is 1. The fourth-order valence-corrected chi connectivity index (χ4v) is 3.33. The molecule has 0 atom stereocenters. The summed E-state index contributed by atoms with van der Waals surface area (Å²) in [5.74, 6) is -0.383. The number of phenols is 1. The maximum absolute atomic E-state index is 13.0. The lowest BCUT2D eigenvalue weighted by molar-refractivity contribution is 0.0630. The summed E-state index contributed by atoms with van der Waals surface area (Å²) in [7, 11) is 0.